The first-order valence-corrected chi connectivity index (χ1v) is 4.17. The molecule has 0 heterocycles. The molecule has 5 heteroatoms. The molecule has 0 amide bonds. The number of carbonyl (C=O) groups is 1. The van der Waals surface area contributed by atoms with Crippen molar-refractivity contribution in [2.45, 2.75) is 0 Å². The van der Waals surface area contributed by atoms with Crippen molar-refractivity contribution >= 4 is 5.97 Å². The minimum absolute atomic E-state index is 0.0131. The maximum Gasteiger partial charge on any atom is 0.345 e. The average Bonchev–Trinajstić information content (AvgIpc) is 2.26. The molecule has 0 radical (unpaired) electrons. The molecule has 0 spiro atoms. The zero-order valence-electron chi connectivity index (χ0n) is 8.73. The van der Waals surface area contributed by atoms with Crippen molar-refractivity contribution < 1.29 is 24.1 Å². The molecule has 1 aromatic rings. The summed E-state index contributed by atoms with van der Waals surface area (Å²) in [7, 11) is 4.07. The van der Waals surface area contributed by atoms with Crippen LogP contribution in [0.4, 0.5) is 0 Å². The summed E-state index contributed by atoms with van der Waals surface area (Å²) in [4.78, 5) is 11.3. The van der Waals surface area contributed by atoms with E-state index in [2.05, 4.69) is 4.74 Å². The summed E-state index contributed by atoms with van der Waals surface area (Å²) in [5, 5.41) is 9.58. The lowest BCUT2D eigenvalue weighted by Crippen LogP contribution is -2.04. The third kappa shape index (κ3) is 2.12. The van der Waals surface area contributed by atoms with Gasteiger partial charge in [-0.15, -0.1) is 0 Å². The van der Waals surface area contributed by atoms with Gasteiger partial charge in [0, 0.05) is 12.1 Å². The second-order valence-corrected chi connectivity index (χ2v) is 2.72. The van der Waals surface area contributed by atoms with Crippen LogP contribution in [0.25, 0.3) is 0 Å². The SMILES string of the molecule is COC(=O)c1c(O)cc(OC)cc1OC. The van der Waals surface area contributed by atoms with Crippen LogP contribution in [-0.2, 0) is 4.74 Å². The Bertz CT molecular complexity index is 372. The third-order valence-corrected chi connectivity index (χ3v) is 1.90. The van der Waals surface area contributed by atoms with Crippen molar-refractivity contribution in [3.8, 4) is 17.2 Å². The number of ether oxygens (including phenoxy) is 3. The first-order chi connectivity index (χ1) is 7.13. The molecule has 1 rings (SSSR count). The van der Waals surface area contributed by atoms with Gasteiger partial charge in [-0.3, -0.25) is 0 Å². The Morgan fingerprint density at radius 1 is 1.20 bits per heavy atom. The molecule has 1 aromatic carbocycles. The second kappa shape index (κ2) is 4.54. The summed E-state index contributed by atoms with van der Waals surface area (Å²) >= 11 is 0. The van der Waals surface area contributed by atoms with E-state index in [9.17, 15) is 9.90 Å². The molecule has 15 heavy (non-hydrogen) atoms. The van der Waals surface area contributed by atoms with Gasteiger partial charge in [0.05, 0.1) is 21.3 Å². The van der Waals surface area contributed by atoms with E-state index in [0.717, 1.165) is 0 Å². The van der Waals surface area contributed by atoms with E-state index in [0.29, 0.717) is 5.75 Å². The summed E-state index contributed by atoms with van der Waals surface area (Å²) < 4.78 is 14.4. The number of hydrogen-bond donors (Lipinski definition) is 1. The molecule has 0 aliphatic carbocycles. The highest BCUT2D eigenvalue weighted by atomic mass is 16.5. The molecule has 0 unspecified atom stereocenters. The number of esters is 1. The normalized spacial score (nSPS) is 9.53. The molecule has 0 saturated heterocycles. The zero-order chi connectivity index (χ0) is 11.4. The van der Waals surface area contributed by atoms with E-state index in [1.807, 2.05) is 0 Å². The van der Waals surface area contributed by atoms with Crippen LogP contribution in [0.2, 0.25) is 0 Å². The average molecular weight is 212 g/mol. The van der Waals surface area contributed by atoms with Crippen LogP contribution >= 0.6 is 0 Å². The van der Waals surface area contributed by atoms with Crippen molar-refractivity contribution in [3.05, 3.63) is 17.7 Å². The standard InChI is InChI=1S/C10H12O5/c1-13-6-4-7(11)9(10(12)15-3)8(5-6)14-2/h4-5,11H,1-3H3. The van der Waals surface area contributed by atoms with Crippen LogP contribution in [0, 0.1) is 0 Å². The van der Waals surface area contributed by atoms with Gasteiger partial charge in [0.2, 0.25) is 0 Å². The minimum Gasteiger partial charge on any atom is -0.507 e. The van der Waals surface area contributed by atoms with E-state index in [1.54, 1.807) is 0 Å². The maximum absolute atomic E-state index is 11.3. The van der Waals surface area contributed by atoms with E-state index < -0.39 is 5.97 Å². The van der Waals surface area contributed by atoms with Crippen molar-refractivity contribution in [3.63, 3.8) is 0 Å². The maximum atomic E-state index is 11.3. The lowest BCUT2D eigenvalue weighted by molar-refractivity contribution is 0.0593. The Balaban J connectivity index is 3.30. The summed E-state index contributed by atoms with van der Waals surface area (Å²) in [6.45, 7) is 0. The Labute approximate surface area is 87.2 Å². The molecule has 0 atom stereocenters. The fourth-order valence-electron chi connectivity index (χ4n) is 1.16. The molecule has 0 bridgehead atoms. The Morgan fingerprint density at radius 3 is 2.33 bits per heavy atom. The molecule has 0 fully saturated rings. The molecule has 0 aliphatic rings. The van der Waals surface area contributed by atoms with Crippen molar-refractivity contribution in [1.29, 1.82) is 0 Å². The van der Waals surface area contributed by atoms with Crippen molar-refractivity contribution in [1.82, 2.24) is 0 Å². The van der Waals surface area contributed by atoms with Gasteiger partial charge in [0.25, 0.3) is 0 Å². The van der Waals surface area contributed by atoms with Crippen LogP contribution in [0.3, 0.4) is 0 Å². The van der Waals surface area contributed by atoms with E-state index in [4.69, 9.17) is 9.47 Å². The van der Waals surface area contributed by atoms with Gasteiger partial charge in [0.1, 0.15) is 22.8 Å². The summed E-state index contributed by atoms with van der Waals surface area (Å²) in [6.07, 6.45) is 0. The Morgan fingerprint density at radius 2 is 1.87 bits per heavy atom. The molecule has 0 aromatic heterocycles. The largest absolute Gasteiger partial charge is 0.507 e. The lowest BCUT2D eigenvalue weighted by Gasteiger charge is -2.10. The van der Waals surface area contributed by atoms with Crippen LogP contribution in [0.5, 0.6) is 17.2 Å². The lowest BCUT2D eigenvalue weighted by atomic mass is 10.1. The van der Waals surface area contributed by atoms with Gasteiger partial charge in [-0.1, -0.05) is 0 Å². The Hall–Kier alpha value is -1.91. The van der Waals surface area contributed by atoms with Crippen LogP contribution < -0.4 is 9.47 Å². The number of phenolic OH excluding ortho intramolecular Hbond substituents is 1. The molecule has 1 N–H and O–H groups in total. The molecule has 0 saturated carbocycles. The molecule has 82 valence electrons. The number of carbonyl (C=O) groups excluding carboxylic acids is 1. The van der Waals surface area contributed by atoms with Gasteiger partial charge in [-0.2, -0.15) is 0 Å². The first kappa shape index (κ1) is 11.2. The van der Waals surface area contributed by atoms with Gasteiger partial charge in [-0.25, -0.2) is 4.79 Å². The highest BCUT2D eigenvalue weighted by Crippen LogP contribution is 2.33. The van der Waals surface area contributed by atoms with Gasteiger partial charge < -0.3 is 19.3 Å². The van der Waals surface area contributed by atoms with Crippen molar-refractivity contribution in [2.75, 3.05) is 21.3 Å². The van der Waals surface area contributed by atoms with Crippen LogP contribution in [0.1, 0.15) is 10.4 Å². The summed E-state index contributed by atoms with van der Waals surface area (Å²) in [5.74, 6) is -0.291. The molecule has 5 nitrogen and oxygen atoms in total. The van der Waals surface area contributed by atoms with Crippen LogP contribution in [0.15, 0.2) is 12.1 Å². The molecular weight excluding hydrogens is 200 g/mol. The quantitative estimate of drug-likeness (QED) is 0.762. The van der Waals surface area contributed by atoms with E-state index >= 15 is 0 Å². The zero-order valence-corrected chi connectivity index (χ0v) is 8.73. The second-order valence-electron chi connectivity index (χ2n) is 2.72. The van der Waals surface area contributed by atoms with Gasteiger partial charge in [-0.05, 0) is 0 Å². The minimum atomic E-state index is -0.660. The Kier molecular flexibility index (Phi) is 3.38. The van der Waals surface area contributed by atoms with Crippen LogP contribution in [-0.4, -0.2) is 32.4 Å². The monoisotopic (exact) mass is 212 g/mol. The topological polar surface area (TPSA) is 65.0 Å². The first-order valence-electron chi connectivity index (χ1n) is 4.17. The van der Waals surface area contributed by atoms with Gasteiger partial charge >= 0.3 is 5.97 Å². The smallest absolute Gasteiger partial charge is 0.345 e. The number of methoxy groups -OCH3 is 3. The third-order valence-electron chi connectivity index (χ3n) is 1.90. The summed E-state index contributed by atoms with van der Waals surface area (Å²) in [6, 6.07) is 2.81. The number of phenols is 1. The van der Waals surface area contributed by atoms with Crippen molar-refractivity contribution in [2.24, 2.45) is 0 Å². The summed E-state index contributed by atoms with van der Waals surface area (Å²) in [5.41, 5.74) is -0.0131. The highest BCUT2D eigenvalue weighted by molar-refractivity contribution is 5.95. The predicted octanol–water partition coefficient (Wildman–Crippen LogP) is 1.20. The number of rotatable bonds is 3. The fraction of sp³-hybridized carbons (Fsp3) is 0.300. The number of aromatic hydroxyl groups is 1. The van der Waals surface area contributed by atoms with E-state index in [1.165, 1.54) is 33.5 Å². The number of benzene rings is 1. The predicted molar refractivity (Wildman–Crippen MR) is 52.6 cm³/mol. The number of hydrogen-bond acceptors (Lipinski definition) is 5. The molecular formula is C10H12O5. The fourth-order valence-corrected chi connectivity index (χ4v) is 1.16. The van der Waals surface area contributed by atoms with Gasteiger partial charge in [0.15, 0.2) is 0 Å². The highest BCUT2D eigenvalue weighted by Gasteiger charge is 2.19. The molecule has 0 aliphatic heterocycles. The van der Waals surface area contributed by atoms with E-state index in [-0.39, 0.29) is 17.1 Å².